The monoisotopic (exact) mass is 543 g/mol. The normalized spacial score (nSPS) is 13.4. The Morgan fingerprint density at radius 1 is 0.925 bits per heavy atom. The molecule has 3 aromatic heterocycles. The van der Waals surface area contributed by atoms with Crippen molar-refractivity contribution in [2.75, 3.05) is 38.2 Å². The molecule has 11 heteroatoms. The summed E-state index contributed by atoms with van der Waals surface area (Å²) in [6.45, 7) is 6.25. The number of hydrogen-bond acceptors (Lipinski definition) is 9. The third kappa shape index (κ3) is 5.98. The fourth-order valence-electron chi connectivity index (χ4n) is 4.64. The van der Waals surface area contributed by atoms with E-state index < -0.39 is 5.82 Å². The van der Waals surface area contributed by atoms with Gasteiger partial charge in [0.25, 0.3) is 0 Å². The Balaban J connectivity index is 1.32. The molecule has 0 atom stereocenters. The molecule has 1 fully saturated rings. The maximum Gasteiger partial charge on any atom is 0.227 e. The van der Waals surface area contributed by atoms with E-state index in [2.05, 4.69) is 29.8 Å². The highest BCUT2D eigenvalue weighted by atomic mass is 19.1. The van der Waals surface area contributed by atoms with Crippen molar-refractivity contribution in [3.05, 3.63) is 78.7 Å². The number of benzene rings is 1. The zero-order valence-corrected chi connectivity index (χ0v) is 22.6. The number of piperazine rings is 1. The Morgan fingerprint density at radius 3 is 2.42 bits per heavy atom. The molecule has 10 nitrogen and oxygen atoms in total. The van der Waals surface area contributed by atoms with E-state index in [1.165, 1.54) is 24.8 Å². The molecule has 206 valence electrons. The van der Waals surface area contributed by atoms with E-state index in [1.54, 1.807) is 37.8 Å². The number of aromatic nitrogens is 5. The van der Waals surface area contributed by atoms with Crippen LogP contribution in [0.15, 0.2) is 61.6 Å². The molecule has 40 heavy (non-hydrogen) atoms. The number of halogens is 1. The second kappa shape index (κ2) is 12.0. The Morgan fingerprint density at radius 2 is 1.70 bits per heavy atom. The van der Waals surface area contributed by atoms with Gasteiger partial charge in [0.2, 0.25) is 11.8 Å². The zero-order valence-electron chi connectivity index (χ0n) is 22.6. The van der Waals surface area contributed by atoms with E-state index in [0.717, 1.165) is 11.3 Å². The Bertz CT molecular complexity index is 1470. The summed E-state index contributed by atoms with van der Waals surface area (Å²) in [7, 11) is 1.56. The van der Waals surface area contributed by atoms with Gasteiger partial charge in [0.05, 0.1) is 25.4 Å². The maximum atomic E-state index is 14.4. The summed E-state index contributed by atoms with van der Waals surface area (Å²) in [6.07, 6.45) is 8.14. The smallest absolute Gasteiger partial charge is 0.227 e. The lowest BCUT2D eigenvalue weighted by Crippen LogP contribution is -2.49. The van der Waals surface area contributed by atoms with Crippen LogP contribution in [0.2, 0.25) is 0 Å². The van der Waals surface area contributed by atoms with Crippen molar-refractivity contribution < 1.29 is 18.7 Å². The second-order valence-corrected chi connectivity index (χ2v) is 9.68. The largest absolute Gasteiger partial charge is 0.481 e. The van der Waals surface area contributed by atoms with Crippen LogP contribution in [0.3, 0.4) is 0 Å². The molecule has 0 bridgehead atoms. The van der Waals surface area contributed by atoms with Crippen LogP contribution < -0.4 is 14.4 Å². The highest BCUT2D eigenvalue weighted by Gasteiger charge is 2.25. The summed E-state index contributed by atoms with van der Waals surface area (Å²) in [6, 6.07) is 7.96. The lowest BCUT2D eigenvalue weighted by Gasteiger charge is -2.36. The number of pyridine rings is 1. The van der Waals surface area contributed by atoms with Crippen LogP contribution in [-0.2, 0) is 11.2 Å². The maximum absolute atomic E-state index is 14.4. The van der Waals surface area contributed by atoms with Crippen LogP contribution >= 0.6 is 0 Å². The first-order valence-electron chi connectivity index (χ1n) is 13.0. The Hall–Kier alpha value is -4.67. The summed E-state index contributed by atoms with van der Waals surface area (Å²) in [4.78, 5) is 38.2. The van der Waals surface area contributed by atoms with Gasteiger partial charge in [0.15, 0.2) is 11.6 Å². The molecule has 0 radical (unpaired) electrons. The molecular formula is C29H30FN7O3. The van der Waals surface area contributed by atoms with E-state index in [-0.39, 0.29) is 18.2 Å². The van der Waals surface area contributed by atoms with Crippen molar-refractivity contribution in [2.45, 2.75) is 26.2 Å². The topological polar surface area (TPSA) is 106 Å². The number of ether oxygens (including phenoxy) is 2. The van der Waals surface area contributed by atoms with Crippen LogP contribution in [0.4, 0.5) is 10.2 Å². The molecule has 1 saturated heterocycles. The van der Waals surface area contributed by atoms with E-state index >= 15 is 0 Å². The lowest BCUT2D eigenvalue weighted by atomic mass is 9.98. The van der Waals surface area contributed by atoms with Gasteiger partial charge in [-0.2, -0.15) is 0 Å². The molecule has 0 saturated carbocycles. The number of hydrogen-bond donors (Lipinski definition) is 0. The first-order chi connectivity index (χ1) is 19.4. The molecule has 0 unspecified atom stereocenters. The van der Waals surface area contributed by atoms with Gasteiger partial charge in [-0.05, 0) is 29.7 Å². The highest BCUT2D eigenvalue weighted by Crippen LogP contribution is 2.39. The quantitative estimate of drug-likeness (QED) is 0.322. The van der Waals surface area contributed by atoms with Gasteiger partial charge in [0.1, 0.15) is 24.2 Å². The molecule has 1 amide bonds. The van der Waals surface area contributed by atoms with Crippen LogP contribution in [0.25, 0.3) is 11.1 Å². The first kappa shape index (κ1) is 26.9. The predicted octanol–water partition coefficient (Wildman–Crippen LogP) is 4.28. The third-order valence-electron chi connectivity index (χ3n) is 6.69. The summed E-state index contributed by atoms with van der Waals surface area (Å²) in [5.41, 5.74) is 2.87. The fraction of sp³-hybridized carbons (Fsp3) is 0.310. The molecule has 1 aliphatic rings. The Labute approximate surface area is 231 Å². The van der Waals surface area contributed by atoms with E-state index in [4.69, 9.17) is 9.47 Å². The third-order valence-corrected chi connectivity index (χ3v) is 6.69. The van der Waals surface area contributed by atoms with Crippen molar-refractivity contribution in [1.29, 1.82) is 0 Å². The molecule has 0 spiro atoms. The molecule has 0 N–H and O–H groups in total. The minimum Gasteiger partial charge on any atom is -0.481 e. The summed E-state index contributed by atoms with van der Waals surface area (Å²) in [5, 5.41) is 0. The van der Waals surface area contributed by atoms with Crippen molar-refractivity contribution in [2.24, 2.45) is 0 Å². The standard InChI is InChI=1S/C29H30FN7O3/c1-19(2)28-23(15-31-17-34-28)22-13-21(30)5-6-24(22)40-25-16-32-18-35-29(25)37-10-8-36(9-11-37)27(38)12-20-4-7-26(39-3)33-14-20/h4-7,13-19H,8-12H2,1-3H3. The van der Waals surface area contributed by atoms with Crippen LogP contribution in [-0.4, -0.2) is 69.0 Å². The SMILES string of the molecule is COc1ccc(CC(=O)N2CCN(c3ncncc3Oc3ccc(F)cc3-c3cncnc3C(C)C)CC2)cn1. The number of methoxy groups -OCH3 is 1. The average Bonchev–Trinajstić information content (AvgIpc) is 2.99. The number of carbonyl (C=O) groups excluding carboxylic acids is 1. The first-order valence-corrected chi connectivity index (χ1v) is 13.0. The van der Waals surface area contributed by atoms with E-state index in [1.807, 2.05) is 24.8 Å². The molecule has 0 aliphatic carbocycles. The van der Waals surface area contributed by atoms with Gasteiger partial charge in [-0.25, -0.2) is 29.3 Å². The van der Waals surface area contributed by atoms with Gasteiger partial charge in [-0.3, -0.25) is 4.79 Å². The number of rotatable bonds is 8. The van der Waals surface area contributed by atoms with Gasteiger partial charge in [0, 0.05) is 55.8 Å². The molecule has 4 aromatic rings. The summed E-state index contributed by atoms with van der Waals surface area (Å²) < 4.78 is 25.8. The highest BCUT2D eigenvalue weighted by molar-refractivity contribution is 5.79. The van der Waals surface area contributed by atoms with Crippen LogP contribution in [0, 0.1) is 5.82 Å². The van der Waals surface area contributed by atoms with E-state index in [0.29, 0.717) is 60.5 Å². The Kier molecular flexibility index (Phi) is 8.09. The van der Waals surface area contributed by atoms with Crippen molar-refractivity contribution >= 4 is 11.7 Å². The van der Waals surface area contributed by atoms with E-state index in [9.17, 15) is 9.18 Å². The van der Waals surface area contributed by atoms with Gasteiger partial charge >= 0.3 is 0 Å². The fourth-order valence-corrected chi connectivity index (χ4v) is 4.64. The van der Waals surface area contributed by atoms with Crippen molar-refractivity contribution in [1.82, 2.24) is 29.8 Å². The average molecular weight is 544 g/mol. The number of nitrogens with zero attached hydrogens (tertiary/aromatic N) is 7. The van der Waals surface area contributed by atoms with Gasteiger partial charge < -0.3 is 19.3 Å². The number of carbonyl (C=O) groups is 1. The minimum atomic E-state index is -0.392. The molecular weight excluding hydrogens is 513 g/mol. The minimum absolute atomic E-state index is 0.0350. The second-order valence-electron chi connectivity index (χ2n) is 9.68. The summed E-state index contributed by atoms with van der Waals surface area (Å²) >= 11 is 0. The molecule has 1 aliphatic heterocycles. The van der Waals surface area contributed by atoms with Crippen molar-refractivity contribution in [3.8, 4) is 28.5 Å². The van der Waals surface area contributed by atoms with Gasteiger partial charge in [-0.15, -0.1) is 0 Å². The molecule has 5 rings (SSSR count). The molecule has 1 aromatic carbocycles. The number of anilines is 1. The zero-order chi connectivity index (χ0) is 28.1. The lowest BCUT2D eigenvalue weighted by molar-refractivity contribution is -0.130. The predicted molar refractivity (Wildman–Crippen MR) is 147 cm³/mol. The van der Waals surface area contributed by atoms with Crippen LogP contribution in [0.5, 0.6) is 17.4 Å². The summed E-state index contributed by atoms with van der Waals surface area (Å²) in [5.74, 6) is 1.73. The van der Waals surface area contributed by atoms with Crippen molar-refractivity contribution in [3.63, 3.8) is 0 Å². The van der Waals surface area contributed by atoms with Crippen LogP contribution in [0.1, 0.15) is 31.0 Å². The molecule has 4 heterocycles. The van der Waals surface area contributed by atoms with Gasteiger partial charge in [-0.1, -0.05) is 19.9 Å². The number of amides is 1.